The predicted octanol–water partition coefficient (Wildman–Crippen LogP) is -0.280. The quantitative estimate of drug-likeness (QED) is 0.638. The number of rotatable bonds is 1. The van der Waals surface area contributed by atoms with E-state index in [1.54, 1.807) is 0 Å². The first-order chi connectivity index (χ1) is 6.27. The van der Waals surface area contributed by atoms with E-state index in [9.17, 15) is 4.79 Å². The van der Waals surface area contributed by atoms with Crippen LogP contribution in [0.2, 0.25) is 0 Å². The van der Waals surface area contributed by atoms with E-state index >= 15 is 0 Å². The van der Waals surface area contributed by atoms with E-state index in [1.165, 1.54) is 0 Å². The minimum Gasteiger partial charge on any atom is -0.341 e. The minimum absolute atomic E-state index is 0. The van der Waals surface area contributed by atoms with Crippen molar-refractivity contribution in [3.05, 3.63) is 0 Å². The molecule has 0 aromatic heterocycles. The van der Waals surface area contributed by atoms with Gasteiger partial charge in [-0.15, -0.1) is 12.4 Å². The number of piperidine rings is 1. The zero-order valence-corrected chi connectivity index (χ0v) is 9.05. The predicted molar refractivity (Wildman–Crippen MR) is 57.4 cm³/mol. The summed E-state index contributed by atoms with van der Waals surface area (Å²) < 4.78 is 0. The molecule has 0 unspecified atom stereocenters. The zero-order chi connectivity index (χ0) is 9.26. The maximum absolute atomic E-state index is 11.7. The molecule has 0 radical (unpaired) electrons. The van der Waals surface area contributed by atoms with E-state index in [1.807, 2.05) is 4.90 Å². The Bertz CT molecular complexity index is 200. The van der Waals surface area contributed by atoms with Gasteiger partial charge in [0.2, 0.25) is 5.91 Å². The van der Waals surface area contributed by atoms with Gasteiger partial charge in [0.1, 0.15) is 0 Å². The molecule has 3 N–H and O–H groups in total. The Balaban J connectivity index is 0.000000980. The Hall–Kier alpha value is -0.320. The Labute approximate surface area is 90.6 Å². The Morgan fingerprint density at radius 3 is 2.29 bits per heavy atom. The summed E-state index contributed by atoms with van der Waals surface area (Å²) in [6.45, 7) is 2.68. The van der Waals surface area contributed by atoms with Crippen LogP contribution in [0.5, 0.6) is 0 Å². The highest BCUT2D eigenvalue weighted by Crippen LogP contribution is 2.13. The normalized spacial score (nSPS) is 27.8. The second-order valence-corrected chi connectivity index (χ2v) is 3.96. The summed E-state index contributed by atoms with van der Waals surface area (Å²) in [6, 6.07) is 0.410. The second-order valence-electron chi connectivity index (χ2n) is 3.96. The molecule has 0 bridgehead atoms. The highest BCUT2D eigenvalue weighted by atomic mass is 35.5. The largest absolute Gasteiger partial charge is 0.341 e. The molecule has 5 heteroatoms. The van der Waals surface area contributed by atoms with E-state index < -0.39 is 0 Å². The third-order valence-electron chi connectivity index (χ3n) is 2.97. The molecule has 2 fully saturated rings. The molecule has 2 aliphatic rings. The minimum atomic E-state index is 0. The van der Waals surface area contributed by atoms with Crippen molar-refractivity contribution >= 4 is 18.3 Å². The van der Waals surface area contributed by atoms with Gasteiger partial charge in [-0.1, -0.05) is 0 Å². The molecule has 2 aliphatic heterocycles. The lowest BCUT2D eigenvalue weighted by Crippen LogP contribution is -2.56. The second kappa shape index (κ2) is 4.96. The van der Waals surface area contributed by atoms with Crippen molar-refractivity contribution in [2.45, 2.75) is 31.3 Å². The summed E-state index contributed by atoms with van der Waals surface area (Å²) in [5, 5.41) is 3.13. The van der Waals surface area contributed by atoms with Crippen LogP contribution in [0.3, 0.4) is 0 Å². The lowest BCUT2D eigenvalue weighted by Gasteiger charge is -2.36. The van der Waals surface area contributed by atoms with Gasteiger partial charge in [-0.3, -0.25) is 4.79 Å². The first-order valence-electron chi connectivity index (χ1n) is 5.05. The Kier molecular flexibility index (Phi) is 4.16. The summed E-state index contributed by atoms with van der Waals surface area (Å²) in [4.78, 5) is 13.7. The highest BCUT2D eigenvalue weighted by Gasteiger charge is 2.30. The number of halogens is 1. The number of carbonyl (C=O) groups excluding carboxylic acids is 1. The van der Waals surface area contributed by atoms with Crippen molar-refractivity contribution in [3.63, 3.8) is 0 Å². The number of amides is 1. The van der Waals surface area contributed by atoms with Crippen molar-refractivity contribution in [3.8, 4) is 0 Å². The third kappa shape index (κ3) is 2.38. The van der Waals surface area contributed by atoms with E-state index in [2.05, 4.69) is 5.32 Å². The van der Waals surface area contributed by atoms with Gasteiger partial charge in [-0.2, -0.15) is 0 Å². The maximum Gasteiger partial charge on any atom is 0.239 e. The van der Waals surface area contributed by atoms with Crippen molar-refractivity contribution in [2.75, 3.05) is 19.6 Å². The molecule has 0 spiro atoms. The lowest BCUT2D eigenvalue weighted by atomic mass is 10.0. The molecule has 1 amide bonds. The van der Waals surface area contributed by atoms with Crippen LogP contribution >= 0.6 is 12.4 Å². The van der Waals surface area contributed by atoms with Gasteiger partial charge in [0.15, 0.2) is 0 Å². The average molecular weight is 220 g/mol. The summed E-state index contributed by atoms with van der Waals surface area (Å²) in [6.07, 6.45) is 2.91. The van der Waals surface area contributed by atoms with Gasteiger partial charge in [-0.25, -0.2) is 0 Å². The van der Waals surface area contributed by atoms with E-state index in [4.69, 9.17) is 5.73 Å². The summed E-state index contributed by atoms with van der Waals surface area (Å²) in [5.74, 6) is 0.276. The molecule has 2 heterocycles. The van der Waals surface area contributed by atoms with Crippen molar-refractivity contribution in [1.29, 1.82) is 0 Å². The summed E-state index contributed by atoms with van der Waals surface area (Å²) >= 11 is 0. The maximum atomic E-state index is 11.7. The number of nitrogens with zero attached hydrogens (tertiary/aromatic N) is 1. The number of nitrogens with two attached hydrogens (primary N) is 1. The monoisotopic (exact) mass is 219 g/mol. The molecule has 2 saturated heterocycles. The van der Waals surface area contributed by atoms with Gasteiger partial charge in [0.25, 0.3) is 0 Å². The van der Waals surface area contributed by atoms with Gasteiger partial charge in [-0.05, 0) is 25.8 Å². The number of nitrogens with one attached hydrogen (secondary N) is 1. The van der Waals surface area contributed by atoms with Crippen LogP contribution in [0.4, 0.5) is 0 Å². The molecule has 14 heavy (non-hydrogen) atoms. The average Bonchev–Trinajstić information content (AvgIpc) is 2.02. The first kappa shape index (κ1) is 11.8. The smallest absolute Gasteiger partial charge is 0.239 e. The standard InChI is InChI=1S/C9H17N3O.ClH/c10-7-2-5-12(6-3-7)9(13)8-1-4-11-8;/h7-8,11H,1-6,10H2;1H/t8-;/m1./s1. The van der Waals surface area contributed by atoms with E-state index in [-0.39, 0.29) is 24.4 Å². The lowest BCUT2D eigenvalue weighted by molar-refractivity contribution is -0.136. The molecule has 4 nitrogen and oxygen atoms in total. The van der Waals surface area contributed by atoms with Crippen LogP contribution < -0.4 is 11.1 Å². The van der Waals surface area contributed by atoms with Crippen LogP contribution in [-0.2, 0) is 4.79 Å². The van der Waals surface area contributed by atoms with Crippen LogP contribution in [0.25, 0.3) is 0 Å². The molecule has 0 saturated carbocycles. The topological polar surface area (TPSA) is 58.4 Å². The van der Waals surface area contributed by atoms with Gasteiger partial charge >= 0.3 is 0 Å². The fourth-order valence-corrected chi connectivity index (χ4v) is 1.84. The fraction of sp³-hybridized carbons (Fsp3) is 0.889. The van der Waals surface area contributed by atoms with Crippen molar-refractivity contribution < 1.29 is 4.79 Å². The molecule has 2 rings (SSSR count). The Morgan fingerprint density at radius 2 is 1.86 bits per heavy atom. The molecule has 0 aromatic rings. The van der Waals surface area contributed by atoms with Gasteiger partial charge in [0.05, 0.1) is 6.04 Å². The molecular weight excluding hydrogens is 202 g/mol. The van der Waals surface area contributed by atoms with Gasteiger partial charge < -0.3 is 16.0 Å². The molecular formula is C9H18ClN3O. The molecule has 0 aromatic carbocycles. The van der Waals surface area contributed by atoms with E-state index in [0.717, 1.165) is 38.9 Å². The van der Waals surface area contributed by atoms with Crippen LogP contribution in [0, 0.1) is 0 Å². The summed E-state index contributed by atoms with van der Waals surface area (Å²) in [7, 11) is 0. The molecule has 0 aliphatic carbocycles. The van der Waals surface area contributed by atoms with Crippen molar-refractivity contribution in [2.24, 2.45) is 5.73 Å². The first-order valence-corrected chi connectivity index (χ1v) is 5.05. The Morgan fingerprint density at radius 1 is 1.29 bits per heavy atom. The summed E-state index contributed by atoms with van der Waals surface area (Å²) in [5.41, 5.74) is 5.77. The number of likely N-dealkylation sites (tertiary alicyclic amines) is 1. The number of hydrogen-bond donors (Lipinski definition) is 2. The SMILES string of the molecule is Cl.NC1CCN(C(=O)[C@H]2CCN2)CC1. The van der Waals surface area contributed by atoms with Crippen LogP contribution in [-0.4, -0.2) is 42.5 Å². The van der Waals surface area contributed by atoms with Crippen LogP contribution in [0.1, 0.15) is 19.3 Å². The molecule has 1 atom stereocenters. The zero-order valence-electron chi connectivity index (χ0n) is 8.24. The fourth-order valence-electron chi connectivity index (χ4n) is 1.84. The highest BCUT2D eigenvalue weighted by molar-refractivity contribution is 5.85. The molecule has 82 valence electrons. The van der Waals surface area contributed by atoms with Gasteiger partial charge in [0, 0.05) is 19.1 Å². The van der Waals surface area contributed by atoms with Crippen molar-refractivity contribution in [1.82, 2.24) is 10.2 Å². The van der Waals surface area contributed by atoms with E-state index in [0.29, 0.717) is 6.04 Å². The third-order valence-corrected chi connectivity index (χ3v) is 2.97. The number of hydrogen-bond acceptors (Lipinski definition) is 3. The van der Waals surface area contributed by atoms with Crippen LogP contribution in [0.15, 0.2) is 0 Å². The number of carbonyl (C=O) groups is 1.